The number of hydrogen-bond donors (Lipinski definition) is 2. The molecule has 2 heterocycles. The third-order valence-electron chi connectivity index (χ3n) is 2.59. The van der Waals surface area contributed by atoms with E-state index >= 15 is 0 Å². The van der Waals surface area contributed by atoms with Crippen molar-refractivity contribution in [1.29, 1.82) is 0 Å². The quantitative estimate of drug-likeness (QED) is 0.776. The molecule has 0 radical (unpaired) electrons. The fraction of sp³-hybridized carbons (Fsp3) is 0.545. The second kappa shape index (κ2) is 4.16. The second-order valence-corrected chi connectivity index (χ2v) is 4.10. The molecule has 15 heavy (non-hydrogen) atoms. The molecule has 0 aliphatic carbocycles. The van der Waals surface area contributed by atoms with Crippen molar-refractivity contribution in [3.05, 3.63) is 23.9 Å². The van der Waals surface area contributed by atoms with E-state index in [1.807, 2.05) is 19.1 Å². The number of pyridine rings is 1. The Morgan fingerprint density at radius 1 is 1.60 bits per heavy atom. The molecule has 0 aromatic carbocycles. The van der Waals surface area contributed by atoms with Gasteiger partial charge in [-0.3, -0.25) is 0 Å². The van der Waals surface area contributed by atoms with Crippen LogP contribution in [-0.2, 0) is 4.74 Å². The molecule has 1 unspecified atom stereocenters. The summed E-state index contributed by atoms with van der Waals surface area (Å²) in [6.07, 6.45) is 2.49. The van der Waals surface area contributed by atoms with Crippen molar-refractivity contribution >= 4 is 5.82 Å². The van der Waals surface area contributed by atoms with E-state index in [1.165, 1.54) is 0 Å². The van der Waals surface area contributed by atoms with Crippen LogP contribution in [0.1, 0.15) is 12.0 Å². The van der Waals surface area contributed by atoms with Crippen molar-refractivity contribution in [2.75, 3.05) is 25.1 Å². The highest BCUT2D eigenvalue weighted by molar-refractivity contribution is 5.35. The Hall–Kier alpha value is -1.13. The standard InChI is InChI=1S/C11H16N2O2/c1-9-2-3-10(12-6-9)13-7-11(14)4-5-15-8-11/h2-3,6,14H,4-5,7-8H2,1H3,(H,12,13). The number of aliphatic hydroxyl groups is 1. The highest BCUT2D eigenvalue weighted by Crippen LogP contribution is 2.18. The predicted molar refractivity (Wildman–Crippen MR) is 57.8 cm³/mol. The molecule has 1 fully saturated rings. The van der Waals surface area contributed by atoms with Crippen LogP contribution in [0, 0.1) is 6.92 Å². The minimum Gasteiger partial charge on any atom is -0.386 e. The maximum Gasteiger partial charge on any atom is 0.125 e. The fourth-order valence-corrected chi connectivity index (χ4v) is 1.56. The Kier molecular flexibility index (Phi) is 2.88. The summed E-state index contributed by atoms with van der Waals surface area (Å²) in [6.45, 7) is 3.53. The van der Waals surface area contributed by atoms with Gasteiger partial charge in [0.1, 0.15) is 11.4 Å². The van der Waals surface area contributed by atoms with Crippen molar-refractivity contribution in [3.63, 3.8) is 0 Å². The summed E-state index contributed by atoms with van der Waals surface area (Å²) in [6, 6.07) is 3.90. The zero-order valence-corrected chi connectivity index (χ0v) is 8.86. The molecule has 0 bridgehead atoms. The van der Waals surface area contributed by atoms with Gasteiger partial charge in [-0.25, -0.2) is 4.98 Å². The summed E-state index contributed by atoms with van der Waals surface area (Å²) in [5.41, 5.74) is 0.399. The van der Waals surface area contributed by atoms with Gasteiger partial charge in [-0.2, -0.15) is 0 Å². The normalized spacial score (nSPS) is 25.5. The van der Waals surface area contributed by atoms with Gasteiger partial charge in [-0.15, -0.1) is 0 Å². The lowest BCUT2D eigenvalue weighted by molar-refractivity contribution is 0.0381. The molecule has 0 spiro atoms. The van der Waals surface area contributed by atoms with Gasteiger partial charge < -0.3 is 15.2 Å². The molecular formula is C11H16N2O2. The number of ether oxygens (including phenoxy) is 1. The molecule has 1 aliphatic heterocycles. The van der Waals surface area contributed by atoms with Gasteiger partial charge in [0.2, 0.25) is 0 Å². The predicted octanol–water partition coefficient (Wildman–Crippen LogP) is 0.953. The first kappa shape index (κ1) is 10.4. The summed E-state index contributed by atoms with van der Waals surface area (Å²) >= 11 is 0. The number of nitrogens with zero attached hydrogens (tertiary/aromatic N) is 1. The van der Waals surface area contributed by atoms with E-state index in [4.69, 9.17) is 4.74 Å². The minimum absolute atomic E-state index is 0.409. The Balaban J connectivity index is 1.90. The number of rotatable bonds is 3. The molecule has 1 atom stereocenters. The number of nitrogens with one attached hydrogen (secondary N) is 1. The van der Waals surface area contributed by atoms with Crippen LogP contribution < -0.4 is 5.32 Å². The van der Waals surface area contributed by atoms with Gasteiger partial charge in [0.15, 0.2) is 0 Å². The first-order chi connectivity index (χ1) is 7.18. The molecule has 82 valence electrons. The number of anilines is 1. The summed E-state index contributed by atoms with van der Waals surface area (Å²) < 4.78 is 5.16. The third-order valence-corrected chi connectivity index (χ3v) is 2.59. The van der Waals surface area contributed by atoms with E-state index in [9.17, 15) is 5.11 Å². The molecule has 1 saturated heterocycles. The summed E-state index contributed by atoms with van der Waals surface area (Å²) in [5, 5.41) is 13.1. The lowest BCUT2D eigenvalue weighted by Gasteiger charge is -2.20. The molecule has 0 amide bonds. The first-order valence-electron chi connectivity index (χ1n) is 5.15. The number of hydrogen-bond acceptors (Lipinski definition) is 4. The SMILES string of the molecule is Cc1ccc(NCC2(O)CCOC2)nc1. The average Bonchev–Trinajstić information content (AvgIpc) is 2.65. The largest absolute Gasteiger partial charge is 0.386 e. The van der Waals surface area contributed by atoms with Gasteiger partial charge in [0.25, 0.3) is 0 Å². The Morgan fingerprint density at radius 3 is 3.07 bits per heavy atom. The zero-order chi connectivity index (χ0) is 10.7. The summed E-state index contributed by atoms with van der Waals surface area (Å²) in [7, 11) is 0. The van der Waals surface area contributed by atoms with Crippen LogP contribution >= 0.6 is 0 Å². The highest BCUT2D eigenvalue weighted by Gasteiger charge is 2.31. The maximum atomic E-state index is 9.99. The molecule has 4 nitrogen and oxygen atoms in total. The zero-order valence-electron chi connectivity index (χ0n) is 8.86. The monoisotopic (exact) mass is 208 g/mol. The van der Waals surface area contributed by atoms with E-state index in [1.54, 1.807) is 6.20 Å². The van der Waals surface area contributed by atoms with Crippen molar-refractivity contribution in [3.8, 4) is 0 Å². The van der Waals surface area contributed by atoms with E-state index in [0.29, 0.717) is 26.2 Å². The molecule has 1 aromatic heterocycles. The van der Waals surface area contributed by atoms with E-state index < -0.39 is 5.60 Å². The van der Waals surface area contributed by atoms with Crippen LogP contribution in [0.2, 0.25) is 0 Å². The molecule has 1 aromatic rings. The molecule has 2 rings (SSSR count). The third kappa shape index (κ3) is 2.67. The van der Waals surface area contributed by atoms with Crippen LogP contribution in [-0.4, -0.2) is 35.5 Å². The topological polar surface area (TPSA) is 54.4 Å². The first-order valence-corrected chi connectivity index (χ1v) is 5.15. The Bertz CT molecular complexity index is 318. The van der Waals surface area contributed by atoms with E-state index in [0.717, 1.165) is 11.4 Å². The van der Waals surface area contributed by atoms with Gasteiger partial charge in [0.05, 0.1) is 6.61 Å². The number of aryl methyl sites for hydroxylation is 1. The molecule has 4 heteroatoms. The maximum absolute atomic E-state index is 9.99. The Morgan fingerprint density at radius 2 is 2.47 bits per heavy atom. The summed E-state index contributed by atoms with van der Waals surface area (Å²) in [4.78, 5) is 4.21. The molecular weight excluding hydrogens is 192 g/mol. The van der Waals surface area contributed by atoms with Crippen molar-refractivity contribution in [2.45, 2.75) is 18.9 Å². The average molecular weight is 208 g/mol. The number of aromatic nitrogens is 1. The van der Waals surface area contributed by atoms with Gasteiger partial charge in [-0.05, 0) is 18.6 Å². The van der Waals surface area contributed by atoms with Gasteiger partial charge in [-0.1, -0.05) is 6.07 Å². The van der Waals surface area contributed by atoms with E-state index in [-0.39, 0.29) is 0 Å². The molecule has 1 aliphatic rings. The van der Waals surface area contributed by atoms with Crippen LogP contribution in [0.5, 0.6) is 0 Å². The highest BCUT2D eigenvalue weighted by atomic mass is 16.5. The Labute approximate surface area is 89.3 Å². The van der Waals surface area contributed by atoms with Crippen molar-refractivity contribution < 1.29 is 9.84 Å². The lowest BCUT2D eigenvalue weighted by atomic mass is 10.0. The van der Waals surface area contributed by atoms with Crippen LogP contribution in [0.4, 0.5) is 5.82 Å². The summed E-state index contributed by atoms with van der Waals surface area (Å²) in [5.74, 6) is 0.793. The van der Waals surface area contributed by atoms with Crippen LogP contribution in [0.15, 0.2) is 18.3 Å². The smallest absolute Gasteiger partial charge is 0.125 e. The van der Waals surface area contributed by atoms with Crippen LogP contribution in [0.25, 0.3) is 0 Å². The van der Waals surface area contributed by atoms with E-state index in [2.05, 4.69) is 10.3 Å². The van der Waals surface area contributed by atoms with Crippen molar-refractivity contribution in [1.82, 2.24) is 4.98 Å². The van der Waals surface area contributed by atoms with Gasteiger partial charge >= 0.3 is 0 Å². The van der Waals surface area contributed by atoms with Crippen molar-refractivity contribution in [2.24, 2.45) is 0 Å². The second-order valence-electron chi connectivity index (χ2n) is 4.10. The van der Waals surface area contributed by atoms with Gasteiger partial charge in [0, 0.05) is 25.8 Å². The minimum atomic E-state index is -0.730. The molecule has 0 saturated carbocycles. The molecule has 2 N–H and O–H groups in total. The van der Waals surface area contributed by atoms with Crippen LogP contribution in [0.3, 0.4) is 0 Å². The lowest BCUT2D eigenvalue weighted by Crippen LogP contribution is -2.37. The fourth-order valence-electron chi connectivity index (χ4n) is 1.56.